The number of carbonyl (C=O) groups excluding carboxylic acids is 1. The molecule has 0 heterocycles. The maximum absolute atomic E-state index is 13.0. The highest BCUT2D eigenvalue weighted by Gasteiger charge is 2.03. The van der Waals surface area contributed by atoms with Gasteiger partial charge in [0.05, 0.1) is 0 Å². The van der Waals surface area contributed by atoms with Crippen molar-refractivity contribution >= 4 is 17.7 Å². The van der Waals surface area contributed by atoms with E-state index in [2.05, 4.69) is 5.32 Å². The number of thioether (sulfide) groups is 1. The standard InChI is InChI=1S/C16H15F2NOS/c17-13-4-6-15(7-5-13)21-9-8-16(20)19-11-12-2-1-3-14(18)10-12/h1-7,10H,8-9,11H2,(H,19,20). The van der Waals surface area contributed by atoms with Crippen molar-refractivity contribution in [3.05, 3.63) is 65.7 Å². The quantitative estimate of drug-likeness (QED) is 0.823. The fourth-order valence-electron chi connectivity index (χ4n) is 1.73. The van der Waals surface area contributed by atoms with Crippen LogP contribution in [0.1, 0.15) is 12.0 Å². The first-order valence-electron chi connectivity index (χ1n) is 6.53. The number of hydrogen-bond donors (Lipinski definition) is 1. The van der Waals surface area contributed by atoms with Crippen molar-refractivity contribution in [2.24, 2.45) is 0 Å². The van der Waals surface area contributed by atoms with Gasteiger partial charge in [-0.2, -0.15) is 0 Å². The number of amides is 1. The Morgan fingerprint density at radius 3 is 2.52 bits per heavy atom. The maximum Gasteiger partial charge on any atom is 0.221 e. The van der Waals surface area contributed by atoms with Crippen LogP contribution in [-0.2, 0) is 11.3 Å². The molecule has 0 atom stereocenters. The molecule has 0 aromatic heterocycles. The first-order valence-corrected chi connectivity index (χ1v) is 7.51. The van der Waals surface area contributed by atoms with Crippen molar-refractivity contribution in [1.82, 2.24) is 5.32 Å². The Morgan fingerprint density at radius 2 is 1.81 bits per heavy atom. The van der Waals surface area contributed by atoms with Crippen LogP contribution >= 0.6 is 11.8 Å². The van der Waals surface area contributed by atoms with E-state index < -0.39 is 0 Å². The topological polar surface area (TPSA) is 29.1 Å². The monoisotopic (exact) mass is 307 g/mol. The van der Waals surface area contributed by atoms with E-state index in [-0.39, 0.29) is 17.5 Å². The second kappa shape index (κ2) is 7.78. The van der Waals surface area contributed by atoms with Crippen LogP contribution in [0, 0.1) is 11.6 Å². The zero-order valence-electron chi connectivity index (χ0n) is 11.3. The third kappa shape index (κ3) is 5.55. The van der Waals surface area contributed by atoms with Crippen LogP contribution in [0.2, 0.25) is 0 Å². The Balaban J connectivity index is 1.69. The molecule has 0 aliphatic carbocycles. The van der Waals surface area contributed by atoms with Crippen molar-refractivity contribution in [1.29, 1.82) is 0 Å². The van der Waals surface area contributed by atoms with Crippen LogP contribution in [0.3, 0.4) is 0 Å². The number of nitrogens with one attached hydrogen (secondary N) is 1. The number of rotatable bonds is 6. The molecule has 2 rings (SSSR count). The molecule has 0 radical (unpaired) electrons. The van der Waals surface area contributed by atoms with Gasteiger partial charge in [0.1, 0.15) is 11.6 Å². The van der Waals surface area contributed by atoms with Gasteiger partial charge in [0.25, 0.3) is 0 Å². The zero-order chi connectivity index (χ0) is 15.1. The van der Waals surface area contributed by atoms with Crippen LogP contribution in [0.15, 0.2) is 53.4 Å². The van der Waals surface area contributed by atoms with Gasteiger partial charge < -0.3 is 5.32 Å². The molecule has 2 aromatic rings. The summed E-state index contributed by atoms with van der Waals surface area (Å²) < 4.78 is 25.7. The summed E-state index contributed by atoms with van der Waals surface area (Å²) in [6.45, 7) is 0.317. The summed E-state index contributed by atoms with van der Waals surface area (Å²) in [7, 11) is 0. The smallest absolute Gasteiger partial charge is 0.221 e. The Hall–Kier alpha value is -1.88. The molecule has 2 aromatic carbocycles. The van der Waals surface area contributed by atoms with Crippen LogP contribution in [0.25, 0.3) is 0 Å². The van der Waals surface area contributed by atoms with E-state index in [0.717, 1.165) is 10.5 Å². The molecule has 1 N–H and O–H groups in total. The Kier molecular flexibility index (Phi) is 5.75. The largest absolute Gasteiger partial charge is 0.352 e. The first kappa shape index (κ1) is 15.5. The highest BCUT2D eigenvalue weighted by molar-refractivity contribution is 7.99. The minimum atomic E-state index is -0.311. The molecule has 0 unspecified atom stereocenters. The second-order valence-electron chi connectivity index (χ2n) is 4.46. The van der Waals surface area contributed by atoms with Crippen LogP contribution in [-0.4, -0.2) is 11.7 Å². The molecule has 0 aliphatic rings. The van der Waals surface area contributed by atoms with Gasteiger partial charge in [-0.15, -0.1) is 11.8 Å². The molecule has 0 bridgehead atoms. The summed E-state index contributed by atoms with van der Waals surface area (Å²) in [5.74, 6) is -0.0599. The van der Waals surface area contributed by atoms with Gasteiger partial charge in [0.15, 0.2) is 0 Å². The molecule has 0 spiro atoms. The molecule has 1 amide bonds. The second-order valence-corrected chi connectivity index (χ2v) is 5.63. The first-order chi connectivity index (χ1) is 10.1. The predicted octanol–water partition coefficient (Wildman–Crippen LogP) is 3.76. The van der Waals surface area contributed by atoms with E-state index in [1.54, 1.807) is 24.3 Å². The highest BCUT2D eigenvalue weighted by atomic mass is 32.2. The lowest BCUT2D eigenvalue weighted by Crippen LogP contribution is -2.23. The Bertz CT molecular complexity index is 601. The SMILES string of the molecule is O=C(CCSc1ccc(F)cc1)NCc1cccc(F)c1. The lowest BCUT2D eigenvalue weighted by Gasteiger charge is -2.05. The number of carbonyl (C=O) groups is 1. The van der Waals surface area contributed by atoms with Gasteiger partial charge in [-0.3, -0.25) is 4.79 Å². The zero-order valence-corrected chi connectivity index (χ0v) is 12.1. The number of hydrogen-bond acceptors (Lipinski definition) is 2. The van der Waals surface area contributed by atoms with E-state index >= 15 is 0 Å². The maximum atomic E-state index is 13.0. The summed E-state index contributed by atoms with van der Waals surface area (Å²) in [5.41, 5.74) is 0.731. The summed E-state index contributed by atoms with van der Waals surface area (Å²) in [6, 6.07) is 12.3. The van der Waals surface area contributed by atoms with Gasteiger partial charge in [-0.05, 0) is 42.0 Å². The fourth-order valence-corrected chi connectivity index (χ4v) is 2.58. The summed E-state index contributed by atoms with van der Waals surface area (Å²) in [6.07, 6.45) is 0.358. The third-order valence-electron chi connectivity index (χ3n) is 2.79. The van der Waals surface area contributed by atoms with E-state index in [9.17, 15) is 13.6 Å². The molecule has 0 saturated carbocycles. The van der Waals surface area contributed by atoms with Crippen LogP contribution in [0.5, 0.6) is 0 Å². The predicted molar refractivity (Wildman–Crippen MR) is 80.0 cm³/mol. The minimum absolute atomic E-state index is 0.0890. The van der Waals surface area contributed by atoms with E-state index in [1.165, 1.54) is 36.0 Å². The lowest BCUT2D eigenvalue weighted by atomic mass is 10.2. The van der Waals surface area contributed by atoms with E-state index in [4.69, 9.17) is 0 Å². The van der Waals surface area contributed by atoms with E-state index in [0.29, 0.717) is 18.7 Å². The van der Waals surface area contributed by atoms with Crippen molar-refractivity contribution < 1.29 is 13.6 Å². The molecule has 0 fully saturated rings. The van der Waals surface area contributed by atoms with Gasteiger partial charge in [0, 0.05) is 23.6 Å². The molecule has 0 aliphatic heterocycles. The molecule has 110 valence electrons. The highest BCUT2D eigenvalue weighted by Crippen LogP contribution is 2.18. The summed E-state index contributed by atoms with van der Waals surface area (Å²) in [5, 5.41) is 2.74. The van der Waals surface area contributed by atoms with Crippen molar-refractivity contribution in [2.75, 3.05) is 5.75 Å². The van der Waals surface area contributed by atoms with E-state index in [1.807, 2.05) is 0 Å². The van der Waals surface area contributed by atoms with Crippen LogP contribution in [0.4, 0.5) is 8.78 Å². The normalized spacial score (nSPS) is 10.4. The Morgan fingerprint density at radius 1 is 1.05 bits per heavy atom. The fraction of sp³-hybridized carbons (Fsp3) is 0.188. The minimum Gasteiger partial charge on any atom is -0.352 e. The Labute approximate surface area is 126 Å². The van der Waals surface area contributed by atoms with Gasteiger partial charge in [0.2, 0.25) is 5.91 Å². The van der Waals surface area contributed by atoms with Gasteiger partial charge >= 0.3 is 0 Å². The summed E-state index contributed by atoms with van der Waals surface area (Å²) >= 11 is 1.49. The summed E-state index contributed by atoms with van der Waals surface area (Å²) in [4.78, 5) is 12.6. The van der Waals surface area contributed by atoms with Crippen LogP contribution < -0.4 is 5.32 Å². The molecular formula is C16H15F2NOS. The average Bonchev–Trinajstić information content (AvgIpc) is 2.47. The van der Waals surface area contributed by atoms with Crippen molar-refractivity contribution in [3.8, 4) is 0 Å². The molecule has 21 heavy (non-hydrogen) atoms. The average molecular weight is 307 g/mol. The van der Waals surface area contributed by atoms with Crippen molar-refractivity contribution in [2.45, 2.75) is 17.9 Å². The molecule has 0 saturated heterocycles. The van der Waals surface area contributed by atoms with Gasteiger partial charge in [-0.25, -0.2) is 8.78 Å². The molecular weight excluding hydrogens is 292 g/mol. The van der Waals surface area contributed by atoms with Gasteiger partial charge in [-0.1, -0.05) is 12.1 Å². The number of benzene rings is 2. The number of halogens is 2. The molecule has 2 nitrogen and oxygen atoms in total. The lowest BCUT2D eigenvalue weighted by molar-refractivity contribution is -0.120. The van der Waals surface area contributed by atoms with Crippen molar-refractivity contribution in [3.63, 3.8) is 0 Å². The molecule has 5 heteroatoms. The third-order valence-corrected chi connectivity index (χ3v) is 3.80.